The van der Waals surface area contributed by atoms with Crippen molar-refractivity contribution in [2.24, 2.45) is 11.8 Å². The molecule has 0 aromatic carbocycles. The van der Waals surface area contributed by atoms with Gasteiger partial charge in [-0.05, 0) is 12.8 Å². The van der Waals surface area contributed by atoms with Crippen LogP contribution in [0.15, 0.2) is 12.2 Å². The first kappa shape index (κ1) is 16.6. The summed E-state index contributed by atoms with van der Waals surface area (Å²) in [4.78, 5) is 23.9. The molecule has 1 aliphatic rings. The van der Waals surface area contributed by atoms with E-state index >= 15 is 0 Å². The third kappa shape index (κ3) is 3.78. The van der Waals surface area contributed by atoms with Crippen molar-refractivity contribution in [3.63, 3.8) is 0 Å². The second-order valence-corrected chi connectivity index (χ2v) is 5.29. The molecule has 0 aromatic heterocycles. The predicted molar refractivity (Wildman–Crippen MR) is 70.1 cm³/mol. The molecule has 4 unspecified atom stereocenters. The van der Waals surface area contributed by atoms with Crippen molar-refractivity contribution in [3.8, 4) is 0 Å². The molecule has 1 rings (SSSR count). The summed E-state index contributed by atoms with van der Waals surface area (Å²) in [5, 5.41) is 36.7. The van der Waals surface area contributed by atoms with E-state index in [4.69, 9.17) is 10.2 Å². The molecule has 0 radical (unpaired) electrons. The maximum Gasteiger partial charge on any atom is 0.321 e. The van der Waals surface area contributed by atoms with E-state index in [2.05, 4.69) is 6.58 Å². The summed E-state index contributed by atoms with van der Waals surface area (Å²) < 4.78 is 0. The number of aliphatic hydroxyl groups excluding tert-OH is 2. The summed E-state index contributed by atoms with van der Waals surface area (Å²) in [5.41, 5.74) is 0.725. The van der Waals surface area contributed by atoms with Gasteiger partial charge in [-0.25, -0.2) is 0 Å². The van der Waals surface area contributed by atoms with Crippen molar-refractivity contribution in [1.82, 2.24) is 4.90 Å². The number of hydrogen-bond acceptors (Lipinski definition) is 5. The molecule has 0 amide bonds. The van der Waals surface area contributed by atoms with Gasteiger partial charge in [0.05, 0.1) is 19.1 Å². The van der Waals surface area contributed by atoms with Gasteiger partial charge in [-0.3, -0.25) is 14.5 Å². The second-order valence-electron chi connectivity index (χ2n) is 5.29. The number of rotatable bonds is 7. The van der Waals surface area contributed by atoms with Crippen LogP contribution in [-0.2, 0) is 9.59 Å². The number of carbonyl (C=O) groups is 2. The first-order chi connectivity index (χ1) is 9.27. The van der Waals surface area contributed by atoms with Crippen LogP contribution in [0.3, 0.4) is 0 Å². The van der Waals surface area contributed by atoms with Crippen LogP contribution >= 0.6 is 0 Å². The van der Waals surface area contributed by atoms with Crippen LogP contribution in [0.1, 0.15) is 13.3 Å². The minimum atomic E-state index is -1.12. The van der Waals surface area contributed by atoms with E-state index in [1.54, 1.807) is 6.92 Å². The van der Waals surface area contributed by atoms with Gasteiger partial charge in [0.15, 0.2) is 0 Å². The molecule has 0 aliphatic carbocycles. The largest absolute Gasteiger partial charge is 0.481 e. The molecule has 1 aliphatic heterocycles. The SMILES string of the molecule is C=C(C)C1CN(CC(O)CO)C(C(=O)O)C1CC(=O)O. The van der Waals surface area contributed by atoms with Crippen molar-refractivity contribution < 1.29 is 30.0 Å². The van der Waals surface area contributed by atoms with Crippen LogP contribution in [0.25, 0.3) is 0 Å². The predicted octanol–water partition coefficient (Wildman–Crippen LogP) is -0.608. The topological polar surface area (TPSA) is 118 Å². The molecule has 114 valence electrons. The highest BCUT2D eigenvalue weighted by Crippen LogP contribution is 2.36. The highest BCUT2D eigenvalue weighted by atomic mass is 16.4. The van der Waals surface area contributed by atoms with Gasteiger partial charge in [0.25, 0.3) is 0 Å². The molecule has 4 atom stereocenters. The number of aliphatic hydroxyl groups is 2. The normalized spacial score (nSPS) is 28.2. The minimum absolute atomic E-state index is 0.00658. The Morgan fingerprint density at radius 3 is 2.40 bits per heavy atom. The molecule has 20 heavy (non-hydrogen) atoms. The summed E-state index contributed by atoms with van der Waals surface area (Å²) >= 11 is 0. The monoisotopic (exact) mass is 287 g/mol. The van der Waals surface area contributed by atoms with E-state index in [1.807, 2.05) is 0 Å². The molecule has 4 N–H and O–H groups in total. The first-order valence-corrected chi connectivity index (χ1v) is 6.40. The highest BCUT2D eigenvalue weighted by Gasteiger charge is 2.47. The lowest BCUT2D eigenvalue weighted by atomic mass is 9.84. The molecule has 7 heteroatoms. The average Bonchev–Trinajstić information content (AvgIpc) is 2.66. The molecule has 1 heterocycles. The third-order valence-electron chi connectivity index (χ3n) is 3.70. The average molecular weight is 287 g/mol. The molecule has 0 spiro atoms. The zero-order valence-corrected chi connectivity index (χ0v) is 11.4. The standard InChI is InChI=1S/C13H21NO6/c1-7(2)10-5-14(4-8(16)6-15)12(13(19)20)9(10)3-11(17)18/h8-10,12,15-16H,1,3-6H2,2H3,(H,17,18)(H,19,20). The lowest BCUT2D eigenvalue weighted by Gasteiger charge is -2.25. The fraction of sp³-hybridized carbons (Fsp3) is 0.692. The fourth-order valence-corrected chi connectivity index (χ4v) is 2.83. The lowest BCUT2D eigenvalue weighted by molar-refractivity contribution is -0.145. The van der Waals surface area contributed by atoms with E-state index in [0.717, 1.165) is 5.57 Å². The molecular weight excluding hydrogens is 266 g/mol. The van der Waals surface area contributed by atoms with Crippen LogP contribution in [0.4, 0.5) is 0 Å². The lowest BCUT2D eigenvalue weighted by Crippen LogP contribution is -2.44. The number of carboxylic acids is 2. The Morgan fingerprint density at radius 2 is 2.00 bits per heavy atom. The van der Waals surface area contributed by atoms with Gasteiger partial charge in [0.2, 0.25) is 0 Å². The summed E-state index contributed by atoms with van der Waals surface area (Å²) in [6.45, 7) is 5.38. The number of likely N-dealkylation sites (tertiary alicyclic amines) is 1. The van der Waals surface area contributed by atoms with Gasteiger partial charge < -0.3 is 20.4 Å². The van der Waals surface area contributed by atoms with Crippen molar-refractivity contribution >= 4 is 11.9 Å². The molecule has 0 saturated carbocycles. The second kappa shape index (κ2) is 6.83. The van der Waals surface area contributed by atoms with Gasteiger partial charge >= 0.3 is 11.9 Å². The fourth-order valence-electron chi connectivity index (χ4n) is 2.83. The van der Waals surface area contributed by atoms with E-state index in [-0.39, 0.29) is 18.9 Å². The molecule has 0 bridgehead atoms. The van der Waals surface area contributed by atoms with Crippen molar-refractivity contribution in [3.05, 3.63) is 12.2 Å². The van der Waals surface area contributed by atoms with Crippen molar-refractivity contribution in [2.45, 2.75) is 25.5 Å². The number of nitrogens with zero attached hydrogens (tertiary/aromatic N) is 1. The molecular formula is C13H21NO6. The number of β-amino-alcohol motifs (C(OH)–C–C–N with tert-alkyl or cyclic N) is 1. The number of aliphatic carboxylic acids is 2. The Kier molecular flexibility index (Phi) is 5.67. The van der Waals surface area contributed by atoms with Crippen LogP contribution in [-0.4, -0.2) is 69.1 Å². The third-order valence-corrected chi connectivity index (χ3v) is 3.70. The van der Waals surface area contributed by atoms with Gasteiger partial charge in [-0.15, -0.1) is 0 Å². The first-order valence-electron chi connectivity index (χ1n) is 6.40. The van der Waals surface area contributed by atoms with E-state index in [1.165, 1.54) is 4.90 Å². The summed E-state index contributed by atoms with van der Waals surface area (Å²) in [5.74, 6) is -3.02. The summed E-state index contributed by atoms with van der Waals surface area (Å²) in [6, 6.07) is -0.992. The zero-order chi connectivity index (χ0) is 15.4. The van der Waals surface area contributed by atoms with Crippen LogP contribution in [0.2, 0.25) is 0 Å². The van der Waals surface area contributed by atoms with Crippen molar-refractivity contribution in [2.75, 3.05) is 19.7 Å². The molecule has 1 fully saturated rings. The van der Waals surface area contributed by atoms with Gasteiger partial charge in [-0.1, -0.05) is 12.2 Å². The summed E-state index contributed by atoms with van der Waals surface area (Å²) in [6.07, 6.45) is -1.31. The van der Waals surface area contributed by atoms with Crippen LogP contribution in [0.5, 0.6) is 0 Å². The maximum absolute atomic E-state index is 11.4. The smallest absolute Gasteiger partial charge is 0.321 e. The Labute approximate surface area is 117 Å². The number of hydrogen-bond donors (Lipinski definition) is 4. The Bertz CT molecular complexity index is 396. The molecule has 1 saturated heterocycles. The minimum Gasteiger partial charge on any atom is -0.481 e. The van der Waals surface area contributed by atoms with Gasteiger partial charge in [0.1, 0.15) is 6.04 Å². The van der Waals surface area contributed by atoms with E-state index in [0.29, 0.717) is 6.54 Å². The van der Waals surface area contributed by atoms with Gasteiger partial charge in [-0.2, -0.15) is 0 Å². The maximum atomic E-state index is 11.4. The molecule has 0 aromatic rings. The van der Waals surface area contributed by atoms with E-state index in [9.17, 15) is 19.8 Å². The Hall–Kier alpha value is -1.44. The highest BCUT2D eigenvalue weighted by molar-refractivity contribution is 5.76. The Balaban J connectivity index is 2.99. The Morgan fingerprint density at radius 1 is 1.40 bits per heavy atom. The van der Waals surface area contributed by atoms with Gasteiger partial charge in [0, 0.05) is 19.0 Å². The zero-order valence-electron chi connectivity index (χ0n) is 11.4. The quantitative estimate of drug-likeness (QED) is 0.461. The van der Waals surface area contributed by atoms with Crippen molar-refractivity contribution in [1.29, 1.82) is 0 Å². The summed E-state index contributed by atoms with van der Waals surface area (Å²) in [7, 11) is 0. The van der Waals surface area contributed by atoms with E-state index < -0.39 is 36.6 Å². The van der Waals surface area contributed by atoms with Crippen LogP contribution in [0, 0.1) is 11.8 Å². The van der Waals surface area contributed by atoms with Crippen LogP contribution < -0.4 is 0 Å². The molecule has 7 nitrogen and oxygen atoms in total. The number of carboxylic acid groups (broad SMARTS) is 2.